The number of hydrogen-bond donors (Lipinski definition) is 1. The Bertz CT molecular complexity index is 1100. The zero-order chi connectivity index (χ0) is 26.2. The number of hydrogen-bond acceptors (Lipinski definition) is 4. The van der Waals surface area contributed by atoms with Gasteiger partial charge in [-0.3, -0.25) is 13.9 Å². The molecule has 0 aliphatic rings. The Morgan fingerprint density at radius 2 is 1.66 bits per heavy atom. The lowest BCUT2D eigenvalue weighted by Gasteiger charge is -2.31. The van der Waals surface area contributed by atoms with E-state index in [1.807, 2.05) is 77.1 Å². The summed E-state index contributed by atoms with van der Waals surface area (Å²) in [7, 11) is -3.52. The summed E-state index contributed by atoms with van der Waals surface area (Å²) >= 11 is 0. The van der Waals surface area contributed by atoms with Crippen molar-refractivity contribution in [1.29, 1.82) is 0 Å². The van der Waals surface area contributed by atoms with Crippen LogP contribution >= 0.6 is 0 Å². The van der Waals surface area contributed by atoms with E-state index >= 15 is 0 Å². The number of carbonyl (C=O) groups excluding carboxylic acids is 2. The first-order chi connectivity index (χ1) is 16.4. The van der Waals surface area contributed by atoms with Gasteiger partial charge in [-0.05, 0) is 69.4 Å². The van der Waals surface area contributed by atoms with Crippen LogP contribution in [-0.4, -0.2) is 50.0 Å². The second-order valence-corrected chi connectivity index (χ2v) is 11.2. The lowest BCUT2D eigenvalue weighted by Crippen LogP contribution is -2.50. The van der Waals surface area contributed by atoms with E-state index in [4.69, 9.17) is 0 Å². The Balaban J connectivity index is 2.20. The molecule has 0 aromatic heterocycles. The Morgan fingerprint density at radius 1 is 1.00 bits per heavy atom. The second kappa shape index (κ2) is 12.7. The molecule has 0 bridgehead atoms. The number of amides is 2. The normalized spacial score (nSPS) is 12.3. The van der Waals surface area contributed by atoms with Gasteiger partial charge >= 0.3 is 0 Å². The molecule has 0 aliphatic heterocycles. The third-order valence-corrected chi connectivity index (χ3v) is 7.14. The molecule has 0 saturated heterocycles. The molecule has 2 rings (SSSR count). The second-order valence-electron chi connectivity index (χ2n) is 9.30. The molecule has 0 heterocycles. The summed E-state index contributed by atoms with van der Waals surface area (Å²) in [6, 6.07) is 14.5. The predicted molar refractivity (Wildman–Crippen MR) is 142 cm³/mol. The van der Waals surface area contributed by atoms with Crippen molar-refractivity contribution in [3.63, 3.8) is 0 Å². The molecule has 192 valence electrons. The number of benzene rings is 2. The van der Waals surface area contributed by atoms with Crippen LogP contribution in [0.5, 0.6) is 0 Å². The van der Waals surface area contributed by atoms with Crippen LogP contribution in [0.1, 0.15) is 56.7 Å². The van der Waals surface area contributed by atoms with E-state index in [0.29, 0.717) is 25.1 Å². The SMILES string of the molecule is CCC(C(=O)NC(C)C)N(Cc1ccccc1)C(=O)CCCN(c1ccc(C)c(C)c1)S(C)(=O)=O. The van der Waals surface area contributed by atoms with Crippen LogP contribution < -0.4 is 9.62 Å². The first-order valence-corrected chi connectivity index (χ1v) is 14.0. The standard InChI is InChI=1S/C27H39N3O4S/c1-7-25(27(32)28-20(2)3)29(19-23-12-9-8-10-13-23)26(31)14-11-17-30(35(6,33)34)24-16-15-21(4)22(5)18-24/h8-10,12-13,15-16,18,20,25H,7,11,14,17,19H2,1-6H3,(H,28,32). The Labute approximate surface area is 210 Å². The van der Waals surface area contributed by atoms with Gasteiger partial charge < -0.3 is 10.2 Å². The van der Waals surface area contributed by atoms with Crippen LogP contribution in [0.15, 0.2) is 48.5 Å². The molecule has 0 aliphatic carbocycles. The third kappa shape index (κ3) is 8.38. The highest BCUT2D eigenvalue weighted by atomic mass is 32.2. The molecule has 0 spiro atoms. The van der Waals surface area contributed by atoms with Gasteiger partial charge in [0.15, 0.2) is 0 Å². The lowest BCUT2D eigenvalue weighted by molar-refractivity contribution is -0.141. The topological polar surface area (TPSA) is 86.8 Å². The monoisotopic (exact) mass is 501 g/mol. The van der Waals surface area contributed by atoms with Crippen molar-refractivity contribution >= 4 is 27.5 Å². The fraction of sp³-hybridized carbons (Fsp3) is 0.481. The Kier molecular flexibility index (Phi) is 10.3. The minimum Gasteiger partial charge on any atom is -0.352 e. The van der Waals surface area contributed by atoms with E-state index in [1.165, 1.54) is 10.6 Å². The van der Waals surface area contributed by atoms with E-state index < -0.39 is 16.1 Å². The molecule has 0 fully saturated rings. The lowest BCUT2D eigenvalue weighted by atomic mass is 10.1. The number of carbonyl (C=O) groups is 2. The van der Waals surface area contributed by atoms with E-state index in [-0.39, 0.29) is 30.8 Å². The number of aryl methyl sites for hydroxylation is 2. The summed E-state index contributed by atoms with van der Waals surface area (Å²) in [5.41, 5.74) is 3.61. The molecule has 2 aromatic rings. The third-order valence-electron chi connectivity index (χ3n) is 5.94. The fourth-order valence-corrected chi connectivity index (χ4v) is 4.92. The van der Waals surface area contributed by atoms with Crippen LogP contribution in [0, 0.1) is 13.8 Å². The molecule has 2 aromatic carbocycles. The van der Waals surface area contributed by atoms with Crippen molar-refractivity contribution in [2.24, 2.45) is 0 Å². The van der Waals surface area contributed by atoms with Gasteiger partial charge in [0.05, 0.1) is 11.9 Å². The number of sulfonamides is 1. The van der Waals surface area contributed by atoms with E-state index in [1.54, 1.807) is 11.0 Å². The van der Waals surface area contributed by atoms with Crippen LogP contribution in [0.3, 0.4) is 0 Å². The number of rotatable bonds is 12. The van der Waals surface area contributed by atoms with Crippen LogP contribution in [0.4, 0.5) is 5.69 Å². The average molecular weight is 502 g/mol. The molecule has 1 atom stereocenters. The number of anilines is 1. The highest BCUT2D eigenvalue weighted by Crippen LogP contribution is 2.22. The predicted octanol–water partition coefficient (Wildman–Crippen LogP) is 4.18. The first kappa shape index (κ1) is 28.4. The van der Waals surface area contributed by atoms with Gasteiger partial charge in [-0.1, -0.05) is 43.3 Å². The molecular formula is C27H39N3O4S. The van der Waals surface area contributed by atoms with E-state index in [9.17, 15) is 18.0 Å². The van der Waals surface area contributed by atoms with E-state index in [2.05, 4.69) is 5.32 Å². The fourth-order valence-electron chi connectivity index (χ4n) is 3.96. The molecule has 0 saturated carbocycles. The van der Waals surface area contributed by atoms with Crippen molar-refractivity contribution in [2.75, 3.05) is 17.1 Å². The van der Waals surface area contributed by atoms with Crippen LogP contribution in [0.2, 0.25) is 0 Å². The molecule has 1 unspecified atom stereocenters. The average Bonchev–Trinajstić information content (AvgIpc) is 2.78. The quantitative estimate of drug-likeness (QED) is 0.473. The van der Waals surface area contributed by atoms with E-state index in [0.717, 1.165) is 16.7 Å². The highest BCUT2D eigenvalue weighted by molar-refractivity contribution is 7.92. The number of nitrogens with one attached hydrogen (secondary N) is 1. The van der Waals surface area contributed by atoms with Crippen molar-refractivity contribution in [2.45, 2.75) is 72.5 Å². The van der Waals surface area contributed by atoms with Crippen molar-refractivity contribution < 1.29 is 18.0 Å². The maximum atomic E-state index is 13.4. The summed E-state index contributed by atoms with van der Waals surface area (Å²) < 4.78 is 26.4. The molecule has 1 N–H and O–H groups in total. The van der Waals surface area contributed by atoms with Crippen LogP contribution in [0.25, 0.3) is 0 Å². The van der Waals surface area contributed by atoms with Crippen molar-refractivity contribution in [1.82, 2.24) is 10.2 Å². The van der Waals surface area contributed by atoms with Gasteiger partial charge in [0.1, 0.15) is 6.04 Å². The molecular weight excluding hydrogens is 462 g/mol. The van der Waals surface area contributed by atoms with Gasteiger partial charge in [-0.25, -0.2) is 8.42 Å². The molecule has 0 radical (unpaired) electrons. The minimum atomic E-state index is -3.52. The summed E-state index contributed by atoms with van der Waals surface area (Å²) in [6.45, 7) is 10.1. The zero-order valence-electron chi connectivity index (χ0n) is 21.7. The first-order valence-electron chi connectivity index (χ1n) is 12.1. The maximum absolute atomic E-state index is 13.4. The molecule has 7 nitrogen and oxygen atoms in total. The molecule has 2 amide bonds. The van der Waals surface area contributed by atoms with Gasteiger partial charge in [-0.15, -0.1) is 0 Å². The highest BCUT2D eigenvalue weighted by Gasteiger charge is 2.29. The van der Waals surface area contributed by atoms with Gasteiger partial charge in [0, 0.05) is 25.6 Å². The molecule has 8 heteroatoms. The summed E-state index contributed by atoms with van der Waals surface area (Å²) in [4.78, 5) is 27.9. The van der Waals surface area contributed by atoms with Gasteiger partial charge in [0.25, 0.3) is 0 Å². The minimum absolute atomic E-state index is 0.0356. The largest absolute Gasteiger partial charge is 0.352 e. The maximum Gasteiger partial charge on any atom is 0.243 e. The van der Waals surface area contributed by atoms with Gasteiger partial charge in [-0.2, -0.15) is 0 Å². The van der Waals surface area contributed by atoms with Crippen molar-refractivity contribution in [3.05, 3.63) is 65.2 Å². The summed E-state index contributed by atoms with van der Waals surface area (Å²) in [5.74, 6) is -0.354. The summed E-state index contributed by atoms with van der Waals surface area (Å²) in [6.07, 6.45) is 2.13. The number of nitrogens with zero attached hydrogens (tertiary/aromatic N) is 2. The Hall–Kier alpha value is -2.87. The zero-order valence-corrected chi connectivity index (χ0v) is 22.6. The van der Waals surface area contributed by atoms with Crippen LogP contribution in [-0.2, 0) is 26.2 Å². The van der Waals surface area contributed by atoms with Gasteiger partial charge in [0.2, 0.25) is 21.8 Å². The molecule has 35 heavy (non-hydrogen) atoms. The smallest absolute Gasteiger partial charge is 0.243 e. The Morgan fingerprint density at radius 3 is 2.20 bits per heavy atom. The summed E-state index contributed by atoms with van der Waals surface area (Å²) in [5, 5.41) is 2.92. The van der Waals surface area contributed by atoms with Crippen molar-refractivity contribution in [3.8, 4) is 0 Å².